The van der Waals surface area contributed by atoms with Crippen LogP contribution in [-0.2, 0) is 16.6 Å². The van der Waals surface area contributed by atoms with Crippen molar-refractivity contribution in [2.45, 2.75) is 11.4 Å². The summed E-state index contributed by atoms with van der Waals surface area (Å²) in [7, 11) is -3.93. The zero-order valence-corrected chi connectivity index (χ0v) is 12.4. The Balaban J connectivity index is 2.20. The molecule has 3 nitrogen and oxygen atoms in total. The van der Waals surface area contributed by atoms with Crippen LogP contribution >= 0.6 is 23.2 Å². The average molecular weight is 334 g/mol. The lowest BCUT2D eigenvalue weighted by atomic mass is 10.2. The van der Waals surface area contributed by atoms with E-state index in [4.69, 9.17) is 23.2 Å². The molecule has 2 aromatic rings. The molecule has 2 aromatic carbocycles. The van der Waals surface area contributed by atoms with Crippen molar-refractivity contribution in [2.75, 3.05) is 0 Å². The predicted octanol–water partition coefficient (Wildman–Crippen LogP) is 3.61. The van der Waals surface area contributed by atoms with Crippen molar-refractivity contribution in [3.05, 3.63) is 63.9 Å². The van der Waals surface area contributed by atoms with Crippen LogP contribution in [0.1, 0.15) is 5.56 Å². The van der Waals surface area contributed by atoms with Gasteiger partial charge in [-0.25, -0.2) is 17.5 Å². The van der Waals surface area contributed by atoms with Gasteiger partial charge in [0.2, 0.25) is 10.0 Å². The van der Waals surface area contributed by atoms with Gasteiger partial charge in [-0.3, -0.25) is 0 Å². The van der Waals surface area contributed by atoms with Gasteiger partial charge < -0.3 is 0 Å². The standard InChI is InChI=1S/C13H10Cl2FNO2S/c14-10-6-5-9(11(15)7-10)8-17-20(18,19)13-4-2-1-3-12(13)16/h1-7,17H,8H2. The summed E-state index contributed by atoms with van der Waals surface area (Å²) in [5.74, 6) is -0.804. The lowest BCUT2D eigenvalue weighted by molar-refractivity contribution is 0.557. The fourth-order valence-electron chi connectivity index (χ4n) is 1.58. The number of nitrogens with one attached hydrogen (secondary N) is 1. The normalized spacial score (nSPS) is 11.6. The summed E-state index contributed by atoms with van der Waals surface area (Å²) in [6.45, 7) is -0.0489. The van der Waals surface area contributed by atoms with Gasteiger partial charge in [-0.15, -0.1) is 0 Å². The third-order valence-electron chi connectivity index (χ3n) is 2.59. The van der Waals surface area contributed by atoms with E-state index < -0.39 is 20.7 Å². The molecule has 0 spiro atoms. The van der Waals surface area contributed by atoms with E-state index in [0.29, 0.717) is 15.6 Å². The minimum Gasteiger partial charge on any atom is -0.207 e. The Kier molecular flexibility index (Phi) is 4.65. The van der Waals surface area contributed by atoms with Gasteiger partial charge in [0, 0.05) is 16.6 Å². The molecule has 0 radical (unpaired) electrons. The van der Waals surface area contributed by atoms with Crippen molar-refractivity contribution in [1.82, 2.24) is 4.72 Å². The first-order valence-electron chi connectivity index (χ1n) is 5.58. The maximum Gasteiger partial charge on any atom is 0.243 e. The second-order valence-electron chi connectivity index (χ2n) is 3.99. The maximum absolute atomic E-state index is 13.5. The zero-order chi connectivity index (χ0) is 14.8. The third kappa shape index (κ3) is 3.49. The SMILES string of the molecule is O=S(=O)(NCc1ccc(Cl)cc1Cl)c1ccccc1F. The van der Waals surface area contributed by atoms with Crippen LogP contribution in [0, 0.1) is 5.82 Å². The Morgan fingerprint density at radius 3 is 2.45 bits per heavy atom. The highest BCUT2D eigenvalue weighted by molar-refractivity contribution is 7.89. The first-order valence-corrected chi connectivity index (χ1v) is 7.82. The van der Waals surface area contributed by atoms with Gasteiger partial charge in [0.25, 0.3) is 0 Å². The molecule has 0 saturated carbocycles. The van der Waals surface area contributed by atoms with Crippen LogP contribution in [0.4, 0.5) is 4.39 Å². The summed E-state index contributed by atoms with van der Waals surface area (Å²) in [6, 6.07) is 9.87. The molecule has 20 heavy (non-hydrogen) atoms. The number of hydrogen-bond acceptors (Lipinski definition) is 2. The molecule has 0 aliphatic heterocycles. The van der Waals surface area contributed by atoms with Crippen LogP contribution in [0.15, 0.2) is 47.4 Å². The molecular formula is C13H10Cl2FNO2S. The van der Waals surface area contributed by atoms with E-state index in [2.05, 4.69) is 4.72 Å². The van der Waals surface area contributed by atoms with Gasteiger partial charge >= 0.3 is 0 Å². The minimum absolute atomic E-state index is 0.0489. The van der Waals surface area contributed by atoms with E-state index in [1.54, 1.807) is 12.1 Å². The smallest absolute Gasteiger partial charge is 0.207 e. The molecule has 0 aliphatic rings. The fraction of sp³-hybridized carbons (Fsp3) is 0.0769. The van der Waals surface area contributed by atoms with Gasteiger partial charge in [0.05, 0.1) is 0 Å². The molecule has 0 unspecified atom stereocenters. The molecule has 0 heterocycles. The molecular weight excluding hydrogens is 324 g/mol. The molecule has 1 N–H and O–H groups in total. The number of benzene rings is 2. The first kappa shape index (κ1) is 15.3. The van der Waals surface area contributed by atoms with Crippen molar-refractivity contribution < 1.29 is 12.8 Å². The maximum atomic E-state index is 13.5. The molecule has 106 valence electrons. The number of sulfonamides is 1. The fourth-order valence-corrected chi connectivity index (χ4v) is 3.14. The van der Waals surface area contributed by atoms with Crippen LogP contribution in [0.5, 0.6) is 0 Å². The molecule has 0 fully saturated rings. The Morgan fingerprint density at radius 2 is 1.80 bits per heavy atom. The van der Waals surface area contributed by atoms with Gasteiger partial charge in [-0.2, -0.15) is 0 Å². The van der Waals surface area contributed by atoms with E-state index >= 15 is 0 Å². The molecule has 0 aliphatic carbocycles. The lowest BCUT2D eigenvalue weighted by Crippen LogP contribution is -2.24. The van der Waals surface area contributed by atoms with Crippen molar-refractivity contribution in [2.24, 2.45) is 0 Å². The second-order valence-corrected chi connectivity index (χ2v) is 6.57. The summed E-state index contributed by atoms with van der Waals surface area (Å²) in [4.78, 5) is -0.398. The lowest BCUT2D eigenvalue weighted by Gasteiger charge is -2.09. The monoisotopic (exact) mass is 333 g/mol. The number of hydrogen-bond donors (Lipinski definition) is 1. The highest BCUT2D eigenvalue weighted by Crippen LogP contribution is 2.21. The summed E-state index contributed by atoms with van der Waals surface area (Å²) in [5, 5.41) is 0.796. The first-order chi connectivity index (χ1) is 9.40. The molecule has 2 rings (SSSR count). The van der Waals surface area contributed by atoms with Crippen molar-refractivity contribution in [3.8, 4) is 0 Å². The van der Waals surface area contributed by atoms with E-state index in [-0.39, 0.29) is 6.54 Å². The van der Waals surface area contributed by atoms with E-state index in [1.165, 1.54) is 24.3 Å². The van der Waals surface area contributed by atoms with Crippen molar-refractivity contribution in [3.63, 3.8) is 0 Å². The Bertz CT molecular complexity index is 735. The largest absolute Gasteiger partial charge is 0.243 e. The summed E-state index contributed by atoms with van der Waals surface area (Å²) in [6.07, 6.45) is 0. The topological polar surface area (TPSA) is 46.2 Å². The zero-order valence-electron chi connectivity index (χ0n) is 10.1. The van der Waals surface area contributed by atoms with Gasteiger partial charge in [0.1, 0.15) is 10.7 Å². The van der Waals surface area contributed by atoms with Gasteiger partial charge in [-0.1, -0.05) is 41.4 Å². The van der Waals surface area contributed by atoms with Crippen LogP contribution in [0.2, 0.25) is 10.0 Å². The molecule has 7 heteroatoms. The van der Waals surface area contributed by atoms with Crippen molar-refractivity contribution in [1.29, 1.82) is 0 Å². The van der Waals surface area contributed by atoms with Crippen LogP contribution in [-0.4, -0.2) is 8.42 Å². The predicted molar refractivity (Wildman–Crippen MR) is 76.9 cm³/mol. The van der Waals surface area contributed by atoms with Gasteiger partial charge in [0.15, 0.2) is 0 Å². The summed E-state index contributed by atoms with van der Waals surface area (Å²) >= 11 is 11.7. The molecule has 0 saturated heterocycles. The highest BCUT2D eigenvalue weighted by Gasteiger charge is 2.18. The summed E-state index contributed by atoms with van der Waals surface area (Å²) < 4.78 is 39.7. The average Bonchev–Trinajstić information content (AvgIpc) is 2.38. The van der Waals surface area contributed by atoms with Crippen molar-refractivity contribution >= 4 is 33.2 Å². The number of halogens is 3. The molecule has 0 bridgehead atoms. The minimum atomic E-state index is -3.93. The number of rotatable bonds is 4. The molecule has 0 atom stereocenters. The Morgan fingerprint density at radius 1 is 1.10 bits per heavy atom. The van der Waals surface area contributed by atoms with Gasteiger partial charge in [-0.05, 0) is 29.8 Å². The van der Waals surface area contributed by atoms with Crippen LogP contribution < -0.4 is 4.72 Å². The van der Waals surface area contributed by atoms with Crippen LogP contribution in [0.25, 0.3) is 0 Å². The Hall–Kier alpha value is -1.14. The van der Waals surface area contributed by atoms with E-state index in [0.717, 1.165) is 6.07 Å². The summed E-state index contributed by atoms with van der Waals surface area (Å²) in [5.41, 5.74) is 0.552. The highest BCUT2D eigenvalue weighted by atomic mass is 35.5. The third-order valence-corrected chi connectivity index (χ3v) is 4.62. The quantitative estimate of drug-likeness (QED) is 0.928. The Labute approximate surface area is 126 Å². The van der Waals surface area contributed by atoms with E-state index in [1.807, 2.05) is 0 Å². The second kappa shape index (κ2) is 6.10. The van der Waals surface area contributed by atoms with Crippen LogP contribution in [0.3, 0.4) is 0 Å². The molecule has 0 amide bonds. The van der Waals surface area contributed by atoms with E-state index in [9.17, 15) is 12.8 Å². The molecule has 0 aromatic heterocycles.